The molecule has 18 heavy (non-hydrogen) atoms. The summed E-state index contributed by atoms with van der Waals surface area (Å²) in [6.07, 6.45) is 0.540. The Morgan fingerprint density at radius 3 is 2.78 bits per heavy atom. The standard InChI is InChI=1S/C13H17N3OS/c14-12(18)9-10-2-1-3-11(8-10)13(17)16-6-4-15-5-7-16/h1-3,8,15H,4-7,9H2,(H2,14,18). The number of carbonyl (C=O) groups is 1. The first kappa shape index (κ1) is 13.0. The van der Waals surface area contributed by atoms with Gasteiger partial charge in [-0.2, -0.15) is 0 Å². The van der Waals surface area contributed by atoms with E-state index in [4.69, 9.17) is 18.0 Å². The van der Waals surface area contributed by atoms with Gasteiger partial charge in [-0.05, 0) is 17.7 Å². The van der Waals surface area contributed by atoms with Crippen molar-refractivity contribution in [1.29, 1.82) is 0 Å². The summed E-state index contributed by atoms with van der Waals surface area (Å²) in [5, 5.41) is 3.23. The number of rotatable bonds is 3. The maximum absolute atomic E-state index is 12.3. The molecular formula is C13H17N3OS. The molecule has 1 aliphatic heterocycles. The predicted molar refractivity (Wildman–Crippen MR) is 75.7 cm³/mol. The van der Waals surface area contributed by atoms with E-state index in [0.717, 1.165) is 31.7 Å². The van der Waals surface area contributed by atoms with Crippen molar-refractivity contribution in [1.82, 2.24) is 10.2 Å². The van der Waals surface area contributed by atoms with Crippen LogP contribution in [0.4, 0.5) is 0 Å². The molecule has 2 rings (SSSR count). The van der Waals surface area contributed by atoms with Crippen LogP contribution in [0.2, 0.25) is 0 Å². The van der Waals surface area contributed by atoms with Crippen molar-refractivity contribution in [3.8, 4) is 0 Å². The minimum absolute atomic E-state index is 0.0845. The first-order valence-corrected chi connectivity index (χ1v) is 6.45. The molecule has 1 heterocycles. The van der Waals surface area contributed by atoms with Gasteiger partial charge in [-0.15, -0.1) is 0 Å². The molecule has 4 nitrogen and oxygen atoms in total. The highest BCUT2D eigenvalue weighted by molar-refractivity contribution is 7.80. The zero-order valence-electron chi connectivity index (χ0n) is 10.2. The van der Waals surface area contributed by atoms with Crippen LogP contribution in [0.15, 0.2) is 24.3 Å². The molecular weight excluding hydrogens is 246 g/mol. The van der Waals surface area contributed by atoms with Gasteiger partial charge in [-0.1, -0.05) is 24.4 Å². The van der Waals surface area contributed by atoms with Gasteiger partial charge in [0.15, 0.2) is 0 Å². The zero-order chi connectivity index (χ0) is 13.0. The Balaban J connectivity index is 2.11. The number of piperazine rings is 1. The average molecular weight is 263 g/mol. The van der Waals surface area contributed by atoms with Crippen LogP contribution in [0, 0.1) is 0 Å². The Morgan fingerprint density at radius 2 is 2.11 bits per heavy atom. The highest BCUT2D eigenvalue weighted by atomic mass is 32.1. The Hall–Kier alpha value is -1.46. The number of hydrogen-bond acceptors (Lipinski definition) is 3. The minimum atomic E-state index is 0.0845. The molecule has 96 valence electrons. The minimum Gasteiger partial charge on any atom is -0.393 e. The molecule has 1 aromatic rings. The highest BCUT2D eigenvalue weighted by Crippen LogP contribution is 2.10. The SMILES string of the molecule is NC(=S)Cc1cccc(C(=O)N2CCNCC2)c1. The number of thiocarbonyl (C=S) groups is 1. The Bertz CT molecular complexity index is 455. The summed E-state index contributed by atoms with van der Waals surface area (Å²) in [4.78, 5) is 14.6. The second-order valence-corrected chi connectivity index (χ2v) is 4.91. The molecule has 1 fully saturated rings. The van der Waals surface area contributed by atoms with E-state index in [0.29, 0.717) is 17.0 Å². The van der Waals surface area contributed by atoms with Crippen LogP contribution >= 0.6 is 12.2 Å². The van der Waals surface area contributed by atoms with Gasteiger partial charge in [0.1, 0.15) is 0 Å². The first-order valence-electron chi connectivity index (χ1n) is 6.04. The van der Waals surface area contributed by atoms with Gasteiger partial charge in [-0.25, -0.2) is 0 Å². The summed E-state index contributed by atoms with van der Waals surface area (Å²) in [6, 6.07) is 7.54. The largest absolute Gasteiger partial charge is 0.393 e. The molecule has 0 bridgehead atoms. The molecule has 0 radical (unpaired) electrons. The van der Waals surface area contributed by atoms with Gasteiger partial charge in [0.2, 0.25) is 0 Å². The van der Waals surface area contributed by atoms with E-state index in [2.05, 4.69) is 5.32 Å². The predicted octanol–water partition coefficient (Wildman–Crippen LogP) is 0.561. The second kappa shape index (κ2) is 5.93. The van der Waals surface area contributed by atoms with Crippen LogP contribution in [0.3, 0.4) is 0 Å². The second-order valence-electron chi connectivity index (χ2n) is 4.39. The lowest BCUT2D eigenvalue weighted by molar-refractivity contribution is 0.0735. The van der Waals surface area contributed by atoms with Crippen LogP contribution in [-0.4, -0.2) is 42.0 Å². The monoisotopic (exact) mass is 263 g/mol. The van der Waals surface area contributed by atoms with E-state index in [9.17, 15) is 4.79 Å². The van der Waals surface area contributed by atoms with Crippen molar-refractivity contribution in [3.63, 3.8) is 0 Å². The number of benzene rings is 1. The van der Waals surface area contributed by atoms with Crippen molar-refractivity contribution in [2.24, 2.45) is 5.73 Å². The van der Waals surface area contributed by atoms with Gasteiger partial charge in [-0.3, -0.25) is 4.79 Å². The molecule has 1 aliphatic rings. The lowest BCUT2D eigenvalue weighted by Gasteiger charge is -2.27. The molecule has 0 spiro atoms. The number of amides is 1. The van der Waals surface area contributed by atoms with Crippen LogP contribution in [0.1, 0.15) is 15.9 Å². The number of carbonyl (C=O) groups excluding carboxylic acids is 1. The molecule has 0 saturated carbocycles. The van der Waals surface area contributed by atoms with Crippen LogP contribution in [-0.2, 0) is 6.42 Å². The smallest absolute Gasteiger partial charge is 0.253 e. The molecule has 1 saturated heterocycles. The molecule has 1 amide bonds. The summed E-state index contributed by atoms with van der Waals surface area (Å²) in [5.41, 5.74) is 7.22. The summed E-state index contributed by atoms with van der Waals surface area (Å²) < 4.78 is 0. The molecule has 0 aliphatic carbocycles. The molecule has 5 heteroatoms. The molecule has 0 atom stereocenters. The fourth-order valence-electron chi connectivity index (χ4n) is 2.07. The Kier molecular flexibility index (Phi) is 4.28. The summed E-state index contributed by atoms with van der Waals surface area (Å²) >= 11 is 4.89. The third-order valence-corrected chi connectivity index (χ3v) is 3.10. The quantitative estimate of drug-likeness (QED) is 0.782. The number of hydrogen-bond donors (Lipinski definition) is 2. The summed E-state index contributed by atoms with van der Waals surface area (Å²) in [7, 11) is 0. The van der Waals surface area contributed by atoms with Gasteiger partial charge in [0.05, 0.1) is 4.99 Å². The lowest BCUT2D eigenvalue weighted by atomic mass is 10.1. The number of nitrogens with two attached hydrogens (primary N) is 1. The fraction of sp³-hybridized carbons (Fsp3) is 0.385. The van der Waals surface area contributed by atoms with E-state index in [1.807, 2.05) is 29.2 Å². The van der Waals surface area contributed by atoms with Gasteiger partial charge in [0.25, 0.3) is 5.91 Å². The van der Waals surface area contributed by atoms with E-state index >= 15 is 0 Å². The molecule has 0 aromatic heterocycles. The third kappa shape index (κ3) is 3.27. The molecule has 3 N–H and O–H groups in total. The normalized spacial score (nSPS) is 15.4. The fourth-order valence-corrected chi connectivity index (χ4v) is 2.23. The molecule has 1 aromatic carbocycles. The third-order valence-electron chi connectivity index (χ3n) is 2.96. The topological polar surface area (TPSA) is 58.4 Å². The van der Waals surface area contributed by atoms with Gasteiger partial charge in [0, 0.05) is 38.2 Å². The Labute approximate surface area is 112 Å². The van der Waals surface area contributed by atoms with Crippen molar-refractivity contribution < 1.29 is 4.79 Å². The summed E-state index contributed by atoms with van der Waals surface area (Å²) in [6.45, 7) is 3.24. The van der Waals surface area contributed by atoms with E-state index in [1.165, 1.54) is 0 Å². The van der Waals surface area contributed by atoms with Crippen LogP contribution in [0.5, 0.6) is 0 Å². The van der Waals surface area contributed by atoms with E-state index in [1.54, 1.807) is 0 Å². The van der Waals surface area contributed by atoms with Crippen molar-refractivity contribution in [3.05, 3.63) is 35.4 Å². The highest BCUT2D eigenvalue weighted by Gasteiger charge is 2.17. The van der Waals surface area contributed by atoms with Crippen LogP contribution < -0.4 is 11.1 Å². The lowest BCUT2D eigenvalue weighted by Crippen LogP contribution is -2.46. The maximum atomic E-state index is 12.3. The maximum Gasteiger partial charge on any atom is 0.253 e. The van der Waals surface area contributed by atoms with Gasteiger partial charge < -0.3 is 16.0 Å². The van der Waals surface area contributed by atoms with Crippen molar-refractivity contribution >= 4 is 23.1 Å². The molecule has 0 unspecified atom stereocenters. The van der Waals surface area contributed by atoms with E-state index in [-0.39, 0.29) is 5.91 Å². The zero-order valence-corrected chi connectivity index (χ0v) is 11.0. The van der Waals surface area contributed by atoms with Crippen molar-refractivity contribution in [2.45, 2.75) is 6.42 Å². The van der Waals surface area contributed by atoms with Gasteiger partial charge >= 0.3 is 0 Å². The average Bonchev–Trinajstić information content (AvgIpc) is 2.38. The number of nitrogens with one attached hydrogen (secondary N) is 1. The van der Waals surface area contributed by atoms with E-state index < -0.39 is 0 Å². The first-order chi connectivity index (χ1) is 8.66. The summed E-state index contributed by atoms with van der Waals surface area (Å²) in [5.74, 6) is 0.0845. The van der Waals surface area contributed by atoms with Crippen LogP contribution in [0.25, 0.3) is 0 Å². The van der Waals surface area contributed by atoms with Crippen molar-refractivity contribution in [2.75, 3.05) is 26.2 Å². The number of nitrogens with zero attached hydrogens (tertiary/aromatic N) is 1. The Morgan fingerprint density at radius 1 is 1.39 bits per heavy atom.